The predicted molar refractivity (Wildman–Crippen MR) is 149 cm³/mol. The van der Waals surface area contributed by atoms with Crippen LogP contribution < -0.4 is 5.46 Å². The molecule has 1 aromatic heterocycles. The van der Waals surface area contributed by atoms with Gasteiger partial charge in [-0.1, -0.05) is 105 Å². The van der Waals surface area contributed by atoms with Gasteiger partial charge in [0, 0.05) is 20.2 Å². The highest BCUT2D eigenvalue weighted by molar-refractivity contribution is 7.26. The van der Waals surface area contributed by atoms with Gasteiger partial charge in [0.15, 0.2) is 0 Å². The highest BCUT2D eigenvalue weighted by Gasteiger charge is 2.49. The first-order valence-electron chi connectivity index (χ1n) is 12.1. The summed E-state index contributed by atoms with van der Waals surface area (Å²) in [6.07, 6.45) is 1.04. The van der Waals surface area contributed by atoms with Gasteiger partial charge in [0.2, 0.25) is 0 Å². The third-order valence-electron chi connectivity index (χ3n) is 7.94. The molecule has 34 heavy (non-hydrogen) atoms. The van der Waals surface area contributed by atoms with Crippen LogP contribution in [0.2, 0.25) is 6.32 Å². The van der Waals surface area contributed by atoms with E-state index in [0.717, 1.165) is 6.32 Å². The summed E-state index contributed by atoms with van der Waals surface area (Å²) in [5.41, 5.74) is 6.44. The Morgan fingerprint density at radius 2 is 1.26 bits per heavy atom. The highest BCUT2D eigenvalue weighted by Crippen LogP contribution is 2.46. The second-order valence-corrected chi connectivity index (χ2v) is 11.7. The molecular formula is C31H29BOS. The molecule has 0 unspecified atom stereocenters. The van der Waals surface area contributed by atoms with Gasteiger partial charge in [-0.15, -0.1) is 11.3 Å². The van der Waals surface area contributed by atoms with E-state index in [-0.39, 0.29) is 17.9 Å². The number of thiophene rings is 1. The quantitative estimate of drug-likeness (QED) is 0.246. The van der Waals surface area contributed by atoms with E-state index in [1.807, 2.05) is 11.3 Å². The molecule has 3 heteroatoms. The molecule has 0 N–H and O–H groups in total. The second-order valence-electron chi connectivity index (χ2n) is 10.7. The first-order valence-corrected chi connectivity index (χ1v) is 12.9. The number of hydrogen-bond donors (Lipinski definition) is 0. The maximum atomic E-state index is 6.54. The lowest BCUT2D eigenvalue weighted by molar-refractivity contribution is 0.0375. The Hall–Kier alpha value is -2.88. The number of rotatable bonds is 3. The lowest BCUT2D eigenvalue weighted by atomic mass is 9.54. The Bertz CT molecular complexity index is 1500. The zero-order valence-corrected chi connectivity index (χ0v) is 21.1. The van der Waals surface area contributed by atoms with Crippen molar-refractivity contribution < 1.29 is 4.65 Å². The molecule has 0 bridgehead atoms. The van der Waals surface area contributed by atoms with Crippen molar-refractivity contribution in [3.63, 3.8) is 0 Å². The van der Waals surface area contributed by atoms with Gasteiger partial charge in [0.25, 0.3) is 0 Å². The van der Waals surface area contributed by atoms with E-state index in [1.165, 1.54) is 47.9 Å². The van der Waals surface area contributed by atoms with Gasteiger partial charge >= 0.3 is 6.92 Å². The molecular weight excluding hydrogens is 431 g/mol. The number of benzene rings is 4. The van der Waals surface area contributed by atoms with E-state index in [4.69, 9.17) is 4.65 Å². The minimum Gasteiger partial charge on any atom is -0.426 e. The predicted octanol–water partition coefficient (Wildman–Crippen LogP) is 8.42. The molecule has 5 aromatic rings. The summed E-state index contributed by atoms with van der Waals surface area (Å²) in [7, 11) is 0. The molecule has 1 saturated heterocycles. The van der Waals surface area contributed by atoms with Crippen molar-refractivity contribution in [3.05, 3.63) is 91.0 Å². The van der Waals surface area contributed by atoms with Crippen molar-refractivity contribution in [1.82, 2.24) is 0 Å². The molecule has 0 spiro atoms. The lowest BCUT2D eigenvalue weighted by Gasteiger charge is -2.34. The summed E-state index contributed by atoms with van der Waals surface area (Å²) < 4.78 is 9.25. The van der Waals surface area contributed by atoms with E-state index >= 15 is 0 Å². The van der Waals surface area contributed by atoms with Gasteiger partial charge in [-0.3, -0.25) is 0 Å². The average Bonchev–Trinajstić information content (AvgIpc) is 3.33. The number of hydrogen-bond acceptors (Lipinski definition) is 2. The third kappa shape index (κ3) is 3.42. The zero-order valence-electron chi connectivity index (χ0n) is 20.3. The third-order valence-corrected chi connectivity index (χ3v) is 9.23. The van der Waals surface area contributed by atoms with Crippen LogP contribution in [-0.2, 0) is 4.65 Å². The largest absolute Gasteiger partial charge is 0.426 e. The summed E-state index contributed by atoms with van der Waals surface area (Å²) in [4.78, 5) is 0. The average molecular weight is 460 g/mol. The van der Waals surface area contributed by atoms with Crippen LogP contribution in [0.3, 0.4) is 0 Å². The van der Waals surface area contributed by atoms with Crippen LogP contribution in [0, 0.1) is 5.41 Å². The molecule has 1 aliphatic rings. The Morgan fingerprint density at radius 1 is 0.676 bits per heavy atom. The molecule has 2 heterocycles. The van der Waals surface area contributed by atoms with Crippen LogP contribution in [0.15, 0.2) is 91.0 Å². The van der Waals surface area contributed by atoms with Gasteiger partial charge in [-0.2, -0.15) is 0 Å². The zero-order chi connectivity index (χ0) is 23.5. The molecule has 0 saturated carbocycles. The van der Waals surface area contributed by atoms with Crippen molar-refractivity contribution in [2.24, 2.45) is 5.41 Å². The summed E-state index contributed by atoms with van der Waals surface area (Å²) in [5, 5.41) is 2.67. The Balaban J connectivity index is 1.48. The van der Waals surface area contributed by atoms with Gasteiger partial charge in [-0.05, 0) is 53.3 Å². The fourth-order valence-corrected chi connectivity index (χ4v) is 6.62. The van der Waals surface area contributed by atoms with E-state index in [0.29, 0.717) is 0 Å². The minimum atomic E-state index is -0.132. The molecule has 6 rings (SSSR count). The fourth-order valence-electron chi connectivity index (χ4n) is 5.25. The van der Waals surface area contributed by atoms with Crippen molar-refractivity contribution in [3.8, 4) is 22.3 Å². The lowest BCUT2D eigenvalue weighted by Crippen LogP contribution is -2.36. The molecule has 0 aliphatic carbocycles. The van der Waals surface area contributed by atoms with E-state index < -0.39 is 0 Å². The van der Waals surface area contributed by atoms with Crippen LogP contribution in [0.5, 0.6) is 0 Å². The first-order chi connectivity index (χ1) is 16.3. The van der Waals surface area contributed by atoms with Crippen molar-refractivity contribution in [1.29, 1.82) is 0 Å². The summed E-state index contributed by atoms with van der Waals surface area (Å²) in [5.74, 6) is 0. The Labute approximate surface area is 206 Å². The fraction of sp³-hybridized carbons (Fsp3) is 0.226. The summed E-state index contributed by atoms with van der Waals surface area (Å²) in [6, 6.07) is 33.1. The molecule has 1 fully saturated rings. The van der Waals surface area contributed by atoms with E-state index in [9.17, 15) is 0 Å². The smallest absolute Gasteiger partial charge is 0.327 e. The van der Waals surface area contributed by atoms with Crippen molar-refractivity contribution in [2.45, 2.75) is 39.6 Å². The van der Waals surface area contributed by atoms with Gasteiger partial charge in [0.05, 0.1) is 5.60 Å². The van der Waals surface area contributed by atoms with Crippen LogP contribution >= 0.6 is 11.3 Å². The molecule has 168 valence electrons. The van der Waals surface area contributed by atoms with E-state index in [1.54, 1.807) is 0 Å². The maximum Gasteiger partial charge on any atom is 0.327 e. The van der Waals surface area contributed by atoms with Crippen LogP contribution in [0.1, 0.15) is 27.7 Å². The maximum absolute atomic E-state index is 6.54. The second kappa shape index (κ2) is 7.83. The first kappa shape index (κ1) is 21.6. The highest BCUT2D eigenvalue weighted by atomic mass is 32.1. The normalized spacial score (nSPS) is 17.0. The minimum absolute atomic E-state index is 0.132. The Kier molecular flexibility index (Phi) is 4.99. The molecule has 0 radical (unpaired) electrons. The SMILES string of the molecule is CC1(C)CB(c2cccc(-c3cccc4c3sc3c(-c5ccccc5)cccc34)c2)OC1(C)C. The molecule has 0 amide bonds. The topological polar surface area (TPSA) is 9.23 Å². The monoisotopic (exact) mass is 460 g/mol. The summed E-state index contributed by atoms with van der Waals surface area (Å²) >= 11 is 1.91. The standard InChI is InChI=1S/C31H29BOS/c1-30(2)20-32(33-31(30,3)4)23-14-8-13-22(19-23)25-16-10-18-27-26-17-9-15-24(28(26)34-29(25)27)21-11-6-5-7-12-21/h5-19H,20H2,1-4H3. The van der Waals surface area contributed by atoms with Gasteiger partial charge in [0.1, 0.15) is 0 Å². The van der Waals surface area contributed by atoms with Crippen LogP contribution in [0.4, 0.5) is 0 Å². The molecule has 1 nitrogen and oxygen atoms in total. The molecule has 0 atom stereocenters. The van der Waals surface area contributed by atoms with Crippen LogP contribution in [0.25, 0.3) is 42.4 Å². The summed E-state index contributed by atoms with van der Waals surface area (Å²) in [6.45, 7) is 9.22. The van der Waals surface area contributed by atoms with Crippen molar-refractivity contribution in [2.75, 3.05) is 0 Å². The van der Waals surface area contributed by atoms with Crippen molar-refractivity contribution >= 4 is 43.9 Å². The van der Waals surface area contributed by atoms with Crippen LogP contribution in [-0.4, -0.2) is 12.5 Å². The van der Waals surface area contributed by atoms with Gasteiger partial charge < -0.3 is 4.65 Å². The number of fused-ring (bicyclic) bond motifs is 3. The molecule has 4 aromatic carbocycles. The Morgan fingerprint density at radius 3 is 1.88 bits per heavy atom. The van der Waals surface area contributed by atoms with E-state index in [2.05, 4.69) is 119 Å². The van der Waals surface area contributed by atoms with Gasteiger partial charge in [-0.25, -0.2) is 0 Å². The molecule has 1 aliphatic heterocycles.